The molecule has 1 saturated carbocycles. The average molecular weight is 877 g/mol. The molecule has 0 spiro atoms. The Morgan fingerprint density at radius 3 is 2.30 bits per heavy atom. The highest BCUT2D eigenvalue weighted by Gasteiger charge is 2.62. The number of sulfone groups is 1. The molecule has 6 heterocycles. The van der Waals surface area contributed by atoms with E-state index < -0.39 is 39.4 Å². The van der Waals surface area contributed by atoms with Crippen molar-refractivity contribution < 1.29 is 32.0 Å². The second-order valence-corrected chi connectivity index (χ2v) is 19.7. The number of benzene rings is 3. The molecule has 15 nitrogen and oxygen atoms in total. The van der Waals surface area contributed by atoms with E-state index in [1.54, 1.807) is 62.1 Å². The Labute approximate surface area is 363 Å². The summed E-state index contributed by atoms with van der Waals surface area (Å²) in [6.07, 6.45) is 4.95. The molecule has 3 aromatic heterocycles. The summed E-state index contributed by atoms with van der Waals surface area (Å²) in [5, 5.41) is 8.91. The van der Waals surface area contributed by atoms with Crippen LogP contribution in [0.4, 0.5) is 9.18 Å². The van der Waals surface area contributed by atoms with E-state index >= 15 is 9.18 Å². The van der Waals surface area contributed by atoms with E-state index in [1.807, 2.05) is 17.9 Å². The van der Waals surface area contributed by atoms with Gasteiger partial charge in [0.2, 0.25) is 0 Å². The third-order valence-electron chi connectivity index (χ3n) is 13.7. The minimum Gasteiger partial charge on any atom is -0.381 e. The zero-order valence-electron chi connectivity index (χ0n) is 35.7. The summed E-state index contributed by atoms with van der Waals surface area (Å²) in [5.41, 5.74) is 7.46. The van der Waals surface area contributed by atoms with Gasteiger partial charge >= 0.3 is 11.8 Å². The highest BCUT2D eigenvalue weighted by atomic mass is 32.2. The van der Waals surface area contributed by atoms with Gasteiger partial charge in [0.1, 0.15) is 23.5 Å². The molecule has 4 atom stereocenters. The number of hydroxylamine groups is 1. The number of hydrogen-bond acceptors (Lipinski definition) is 9. The summed E-state index contributed by atoms with van der Waals surface area (Å²) in [4.78, 5) is 49.6. The molecule has 1 unspecified atom stereocenters. The Kier molecular flexibility index (Phi) is 9.80. The van der Waals surface area contributed by atoms with Crippen molar-refractivity contribution in [2.45, 2.75) is 88.9 Å². The van der Waals surface area contributed by atoms with Crippen LogP contribution in [-0.2, 0) is 31.4 Å². The predicted molar refractivity (Wildman–Crippen MR) is 232 cm³/mol. The second-order valence-electron chi connectivity index (χ2n) is 17.4. The smallest absolute Gasteiger partial charge is 0.381 e. The van der Waals surface area contributed by atoms with Gasteiger partial charge in [-0.2, -0.15) is 5.10 Å². The van der Waals surface area contributed by atoms with Crippen LogP contribution in [-0.4, -0.2) is 80.5 Å². The molecule has 3 aliphatic heterocycles. The predicted octanol–water partition coefficient (Wildman–Crippen LogP) is 6.28. The molecule has 1 aliphatic carbocycles. The molecule has 6 aromatic rings. The van der Waals surface area contributed by atoms with Crippen LogP contribution in [0.25, 0.3) is 28.1 Å². The normalized spacial score (nSPS) is 22.6. The maximum Gasteiger partial charge on any atom is 0.427 e. The van der Waals surface area contributed by atoms with Crippen LogP contribution in [0.5, 0.6) is 0 Å². The molecule has 2 N–H and O–H groups in total. The summed E-state index contributed by atoms with van der Waals surface area (Å²) in [5.74, 6) is 0.204. The number of nitrogens with zero attached hydrogens (tertiary/aromatic N) is 6. The number of amides is 2. The first-order valence-electron chi connectivity index (χ1n) is 21.5. The maximum absolute atomic E-state index is 15.4. The van der Waals surface area contributed by atoms with Gasteiger partial charge in [0.15, 0.2) is 9.84 Å². The van der Waals surface area contributed by atoms with Gasteiger partial charge < -0.3 is 19.0 Å². The van der Waals surface area contributed by atoms with E-state index in [4.69, 9.17) is 14.7 Å². The first kappa shape index (κ1) is 41.0. The number of nitrogens with one attached hydrogen (secondary N) is 2. The van der Waals surface area contributed by atoms with Gasteiger partial charge in [0.05, 0.1) is 39.3 Å². The lowest BCUT2D eigenvalue weighted by Gasteiger charge is -2.35. The molecule has 0 radical (unpaired) electrons. The fourth-order valence-corrected chi connectivity index (χ4v) is 11.1. The quantitative estimate of drug-likeness (QED) is 0.170. The molecule has 328 valence electrons. The number of ether oxygens (including phenoxy) is 1. The van der Waals surface area contributed by atoms with Crippen molar-refractivity contribution in [3.8, 4) is 17.2 Å². The van der Waals surface area contributed by atoms with Crippen molar-refractivity contribution in [1.29, 1.82) is 0 Å². The van der Waals surface area contributed by atoms with Gasteiger partial charge in [-0.3, -0.25) is 19.2 Å². The average Bonchev–Trinajstić information content (AvgIpc) is 3.78. The van der Waals surface area contributed by atoms with Gasteiger partial charge in [-0.15, -0.1) is 5.48 Å². The first-order chi connectivity index (χ1) is 30.2. The Morgan fingerprint density at radius 1 is 0.952 bits per heavy atom. The van der Waals surface area contributed by atoms with E-state index in [9.17, 15) is 18.0 Å². The number of rotatable bonds is 9. The summed E-state index contributed by atoms with van der Waals surface area (Å²) in [6.45, 7) is 10.7. The van der Waals surface area contributed by atoms with E-state index in [2.05, 4.69) is 40.5 Å². The fraction of sp³-hybridized carbons (Fsp3) is 0.391. The number of fused-ring (bicyclic) bond motifs is 2. The number of carbonyl (C=O) groups is 2. The number of imidazole rings is 1. The zero-order valence-corrected chi connectivity index (χ0v) is 36.5. The van der Waals surface area contributed by atoms with Crippen molar-refractivity contribution >= 4 is 32.7 Å². The van der Waals surface area contributed by atoms with Gasteiger partial charge in [-0.05, 0) is 123 Å². The minimum atomic E-state index is -3.46. The molecule has 3 fully saturated rings. The van der Waals surface area contributed by atoms with Crippen molar-refractivity contribution in [2.24, 2.45) is 5.92 Å². The van der Waals surface area contributed by atoms with Gasteiger partial charge in [-0.1, -0.05) is 19.9 Å². The molecular formula is C46H49FN8O7S. The van der Waals surface area contributed by atoms with E-state index in [0.717, 1.165) is 23.7 Å². The third-order valence-corrected chi connectivity index (χ3v) is 15.5. The van der Waals surface area contributed by atoms with Crippen LogP contribution in [0.2, 0.25) is 0 Å². The zero-order chi connectivity index (χ0) is 44.1. The minimum absolute atomic E-state index is 0.0531. The van der Waals surface area contributed by atoms with Gasteiger partial charge in [-0.25, -0.2) is 27.1 Å². The van der Waals surface area contributed by atoms with E-state index in [-0.39, 0.29) is 28.3 Å². The standard InChI is InChI=1S/C46H49FN8O7S/c1-6-63(59,60)35-10-8-33(9-11-35)52-17-18-53(45(52)58)41-39-29(5)51(16-13-36(39)49-55(41)34-21-26(2)40(47)27(3)22-34)42(56)38-24-32-23-31(30-14-19-61-20-15-30)7-12-37(32)54(38)46(25-28(46)4)43-48-44(57)62-50-43/h7-12,17-18,21-24,28-30,43,50H,6,13-16,19-20,25H2,1-5H3,(H,48,57)/t28-,29+,43?,46+/m1/s1. The number of aromatic nitrogens is 5. The highest BCUT2D eigenvalue weighted by Crippen LogP contribution is 2.55. The van der Waals surface area contributed by atoms with Crippen LogP contribution in [0.15, 0.2) is 82.7 Å². The molecule has 4 aliphatic rings. The molecular weight excluding hydrogens is 828 g/mol. The molecule has 3 aromatic carbocycles. The Balaban J connectivity index is 1.10. The molecule has 2 saturated heterocycles. The van der Waals surface area contributed by atoms with Gasteiger partial charge in [0.25, 0.3) is 5.91 Å². The molecule has 10 rings (SSSR count). The summed E-state index contributed by atoms with van der Waals surface area (Å²) in [6, 6.07) is 17.3. The van der Waals surface area contributed by atoms with Crippen LogP contribution in [0.3, 0.4) is 0 Å². The van der Waals surface area contributed by atoms with Crippen LogP contribution in [0.1, 0.15) is 90.4 Å². The number of halogens is 1. The van der Waals surface area contributed by atoms with E-state index in [0.29, 0.717) is 83.8 Å². The van der Waals surface area contributed by atoms with Crippen molar-refractivity contribution in [3.63, 3.8) is 0 Å². The third kappa shape index (κ3) is 6.53. The SMILES string of the molecule is CCS(=O)(=O)c1ccc(-n2ccn(-c3c4c(nn3-c3cc(C)c(F)c(C)c3)CCN(C(=O)c3cc5cc(C6CCOCC6)ccc5n3[C@@]3(C5NOC(=O)N5)C[C@H]3C)[C@H]4C)c2=O)cc1. The second kappa shape index (κ2) is 15.1. The number of hydrogen-bond donors (Lipinski definition) is 2. The monoisotopic (exact) mass is 876 g/mol. The van der Waals surface area contributed by atoms with Crippen LogP contribution in [0, 0.1) is 25.6 Å². The summed E-state index contributed by atoms with van der Waals surface area (Å²) >= 11 is 0. The van der Waals surface area contributed by atoms with E-state index in [1.165, 1.54) is 26.8 Å². The molecule has 63 heavy (non-hydrogen) atoms. The Morgan fingerprint density at radius 2 is 1.65 bits per heavy atom. The summed E-state index contributed by atoms with van der Waals surface area (Å²) in [7, 11) is -3.46. The van der Waals surface area contributed by atoms with Crippen LogP contribution >= 0.6 is 0 Å². The van der Waals surface area contributed by atoms with Crippen molar-refractivity contribution in [3.05, 3.63) is 123 Å². The lowest BCUT2D eigenvalue weighted by atomic mass is 9.91. The first-order valence-corrected chi connectivity index (χ1v) is 23.2. The highest BCUT2D eigenvalue weighted by molar-refractivity contribution is 7.91. The van der Waals surface area contributed by atoms with Crippen molar-refractivity contribution in [1.82, 2.24) is 39.2 Å². The van der Waals surface area contributed by atoms with Crippen LogP contribution < -0.4 is 16.5 Å². The maximum atomic E-state index is 15.4. The topological polar surface area (TPSA) is 164 Å². The fourth-order valence-electron chi connectivity index (χ4n) is 10.2. The largest absolute Gasteiger partial charge is 0.427 e. The summed E-state index contributed by atoms with van der Waals surface area (Å²) < 4.78 is 52.5. The lowest BCUT2D eigenvalue weighted by Crippen LogP contribution is -2.49. The number of aryl methyl sites for hydroxylation is 2. The number of carbonyl (C=O) groups excluding carboxylic acids is 2. The molecule has 0 bridgehead atoms. The Bertz CT molecular complexity index is 2990. The van der Waals surface area contributed by atoms with Crippen molar-refractivity contribution in [2.75, 3.05) is 25.5 Å². The Hall–Kier alpha value is -6.04. The lowest BCUT2D eigenvalue weighted by molar-refractivity contribution is 0.0653. The van der Waals surface area contributed by atoms with Gasteiger partial charge in [0, 0.05) is 55.0 Å². The molecule has 2 amide bonds. The molecule has 17 heteroatoms.